The van der Waals surface area contributed by atoms with Crippen LogP contribution in [0.3, 0.4) is 0 Å². The molecule has 0 aliphatic carbocycles. The smallest absolute Gasteiger partial charge is 0.278 e. The molecule has 0 saturated carbocycles. The van der Waals surface area contributed by atoms with Crippen LogP contribution in [0.25, 0.3) is 10.9 Å². The van der Waals surface area contributed by atoms with E-state index in [0.29, 0.717) is 5.39 Å². The first-order valence-corrected chi connectivity index (χ1v) is 6.22. The minimum Gasteiger partial charge on any atom is -0.385 e. The number of aryl methyl sites for hydroxylation is 1. The van der Waals surface area contributed by atoms with Gasteiger partial charge in [-0.2, -0.15) is 0 Å². The summed E-state index contributed by atoms with van der Waals surface area (Å²) >= 11 is 0. The quantitative estimate of drug-likeness (QED) is 0.489. The summed E-state index contributed by atoms with van der Waals surface area (Å²) in [6, 6.07) is 6.60. The van der Waals surface area contributed by atoms with Gasteiger partial charge in [0.1, 0.15) is 6.29 Å². The second-order valence-electron chi connectivity index (χ2n) is 4.11. The zero-order chi connectivity index (χ0) is 15.1. The van der Waals surface area contributed by atoms with E-state index in [1.807, 2.05) is 13.8 Å². The molecule has 0 amide bonds. The summed E-state index contributed by atoms with van der Waals surface area (Å²) in [6.45, 7) is 4.82. The first-order valence-electron chi connectivity index (χ1n) is 6.22. The highest BCUT2D eigenvalue weighted by atomic mass is 16.6. The molecule has 0 radical (unpaired) electrons. The first kappa shape index (κ1) is 15.8. The molecule has 0 fully saturated rings. The van der Waals surface area contributed by atoms with Crippen LogP contribution in [-0.2, 0) is 16.1 Å². The second kappa shape index (κ2) is 7.40. The van der Waals surface area contributed by atoms with Crippen LogP contribution < -0.4 is 0 Å². The average Bonchev–Trinajstić information content (AvgIpc) is 2.75. The van der Waals surface area contributed by atoms with Crippen molar-refractivity contribution in [3.8, 4) is 0 Å². The lowest BCUT2D eigenvalue weighted by molar-refractivity contribution is -0.383. The number of nitro groups is 1. The second-order valence-corrected chi connectivity index (χ2v) is 4.11. The van der Waals surface area contributed by atoms with E-state index in [1.165, 1.54) is 6.07 Å². The number of carbonyl (C=O) groups is 1. The molecule has 108 valence electrons. The number of aromatic nitrogens is 1. The third-order valence-electron chi connectivity index (χ3n) is 2.87. The van der Waals surface area contributed by atoms with Gasteiger partial charge in [0, 0.05) is 25.5 Å². The molecule has 0 aliphatic rings. The molecular weight excluding hydrogens is 260 g/mol. The Bertz CT molecular complexity index is 602. The summed E-state index contributed by atoms with van der Waals surface area (Å²) in [5.41, 5.74) is 1.64. The summed E-state index contributed by atoms with van der Waals surface area (Å²) in [5, 5.41) is 11.4. The number of rotatable bonds is 4. The highest BCUT2D eigenvalue weighted by Gasteiger charge is 2.15. The Morgan fingerprint density at radius 3 is 2.60 bits per heavy atom. The van der Waals surface area contributed by atoms with Gasteiger partial charge in [-0.05, 0) is 26.0 Å². The Hall–Kier alpha value is -2.21. The summed E-state index contributed by atoms with van der Waals surface area (Å²) in [5.74, 6) is 0. The lowest BCUT2D eigenvalue weighted by atomic mass is 10.2. The summed E-state index contributed by atoms with van der Waals surface area (Å²) in [4.78, 5) is 20.9. The van der Waals surface area contributed by atoms with Gasteiger partial charge in [-0.25, -0.2) is 0 Å². The van der Waals surface area contributed by atoms with Crippen molar-refractivity contribution in [1.82, 2.24) is 4.57 Å². The van der Waals surface area contributed by atoms with E-state index < -0.39 is 4.92 Å². The number of benzene rings is 1. The number of non-ortho nitro benzene ring substituents is 1. The zero-order valence-corrected chi connectivity index (χ0v) is 11.8. The molecule has 2 aromatic rings. The topological polar surface area (TPSA) is 74.4 Å². The van der Waals surface area contributed by atoms with Crippen LogP contribution >= 0.6 is 0 Å². The van der Waals surface area contributed by atoms with Crippen LogP contribution in [0.5, 0.6) is 0 Å². The maximum atomic E-state index is 10.8. The van der Waals surface area contributed by atoms with Crippen LogP contribution in [0.2, 0.25) is 0 Å². The lowest BCUT2D eigenvalue weighted by Crippen LogP contribution is -2.00. The zero-order valence-electron chi connectivity index (χ0n) is 11.8. The molecule has 0 saturated heterocycles. The fourth-order valence-corrected chi connectivity index (χ4v) is 1.88. The van der Waals surface area contributed by atoms with E-state index in [2.05, 4.69) is 4.74 Å². The van der Waals surface area contributed by atoms with Gasteiger partial charge >= 0.3 is 0 Å². The molecule has 0 atom stereocenters. The molecule has 1 aromatic carbocycles. The molecule has 6 nitrogen and oxygen atoms in total. The summed E-state index contributed by atoms with van der Waals surface area (Å²) in [6.07, 6.45) is 0.783. The van der Waals surface area contributed by atoms with Crippen molar-refractivity contribution in [2.24, 2.45) is 0 Å². The highest BCUT2D eigenvalue weighted by molar-refractivity contribution is 5.90. The molecule has 2 rings (SSSR count). The lowest BCUT2D eigenvalue weighted by Gasteiger charge is -2.02. The van der Waals surface area contributed by atoms with Crippen molar-refractivity contribution in [2.45, 2.75) is 20.4 Å². The van der Waals surface area contributed by atoms with E-state index in [9.17, 15) is 14.9 Å². The van der Waals surface area contributed by atoms with Crippen molar-refractivity contribution in [2.75, 3.05) is 13.7 Å². The Balaban J connectivity index is 0.000000444. The van der Waals surface area contributed by atoms with Gasteiger partial charge in [0.15, 0.2) is 0 Å². The number of carbonyl (C=O) groups excluding carboxylic acids is 1. The number of hydrogen-bond acceptors (Lipinski definition) is 4. The van der Waals surface area contributed by atoms with Crippen molar-refractivity contribution in [3.63, 3.8) is 0 Å². The van der Waals surface area contributed by atoms with Crippen LogP contribution in [-0.4, -0.2) is 29.5 Å². The third-order valence-corrected chi connectivity index (χ3v) is 2.87. The molecule has 6 heteroatoms. The van der Waals surface area contributed by atoms with Crippen LogP contribution in [0, 0.1) is 17.0 Å². The van der Waals surface area contributed by atoms with Crippen molar-refractivity contribution < 1.29 is 14.5 Å². The normalized spacial score (nSPS) is 9.95. The van der Waals surface area contributed by atoms with E-state index in [0.717, 1.165) is 24.1 Å². The van der Waals surface area contributed by atoms with Gasteiger partial charge in [0.25, 0.3) is 5.69 Å². The molecule has 0 aliphatic heterocycles. The number of methoxy groups -OCH3 is 1. The van der Waals surface area contributed by atoms with Gasteiger partial charge < -0.3 is 14.1 Å². The SMILES string of the molecule is CCOC.Cc1cc2c([N+](=O)[O-])cccc2n1CC=O. The largest absolute Gasteiger partial charge is 0.385 e. The maximum Gasteiger partial charge on any atom is 0.278 e. The predicted octanol–water partition coefficient (Wildman–Crippen LogP) is 2.71. The number of nitro benzene ring substituents is 1. The number of ether oxygens (including phenoxy) is 1. The average molecular weight is 278 g/mol. The summed E-state index contributed by atoms with van der Waals surface area (Å²) in [7, 11) is 1.68. The molecule has 1 heterocycles. The van der Waals surface area contributed by atoms with Gasteiger partial charge in [-0.15, -0.1) is 0 Å². The fourth-order valence-electron chi connectivity index (χ4n) is 1.88. The molecule has 0 spiro atoms. The number of aldehydes is 1. The molecule has 20 heavy (non-hydrogen) atoms. The van der Waals surface area contributed by atoms with Crippen LogP contribution in [0.15, 0.2) is 24.3 Å². The molecule has 0 N–H and O–H groups in total. The predicted molar refractivity (Wildman–Crippen MR) is 76.9 cm³/mol. The van der Waals surface area contributed by atoms with Crippen molar-refractivity contribution in [3.05, 3.63) is 40.1 Å². The Morgan fingerprint density at radius 1 is 1.45 bits per heavy atom. The Kier molecular flexibility index (Phi) is 5.86. The number of hydrogen-bond donors (Lipinski definition) is 0. The molecule has 0 bridgehead atoms. The van der Waals surface area contributed by atoms with E-state index >= 15 is 0 Å². The van der Waals surface area contributed by atoms with E-state index in [-0.39, 0.29) is 12.2 Å². The van der Waals surface area contributed by atoms with Gasteiger partial charge in [-0.1, -0.05) is 6.07 Å². The van der Waals surface area contributed by atoms with Crippen LogP contribution in [0.1, 0.15) is 12.6 Å². The van der Waals surface area contributed by atoms with Crippen LogP contribution in [0.4, 0.5) is 5.69 Å². The Morgan fingerprint density at radius 2 is 2.10 bits per heavy atom. The third kappa shape index (κ3) is 3.42. The summed E-state index contributed by atoms with van der Waals surface area (Å²) < 4.78 is 6.30. The minimum absolute atomic E-state index is 0.0743. The van der Waals surface area contributed by atoms with Gasteiger partial charge in [0.05, 0.1) is 22.4 Å². The molecular formula is C14H18N2O4. The van der Waals surface area contributed by atoms with E-state index in [4.69, 9.17) is 0 Å². The fraction of sp³-hybridized carbons (Fsp3) is 0.357. The van der Waals surface area contributed by atoms with Gasteiger partial charge in [0.2, 0.25) is 0 Å². The number of fused-ring (bicyclic) bond motifs is 1. The van der Waals surface area contributed by atoms with E-state index in [1.54, 1.807) is 29.9 Å². The monoisotopic (exact) mass is 278 g/mol. The first-order chi connectivity index (χ1) is 9.56. The van der Waals surface area contributed by atoms with Gasteiger partial charge in [-0.3, -0.25) is 10.1 Å². The highest BCUT2D eigenvalue weighted by Crippen LogP contribution is 2.28. The standard InChI is InChI=1S/C11H10N2O3.C3H8O/c1-8-7-9-10(12(8)5-6-14)3-2-4-11(9)13(15)16;1-3-4-2/h2-4,6-7H,5H2,1H3;3H2,1-2H3. The maximum absolute atomic E-state index is 10.8. The molecule has 1 aromatic heterocycles. The van der Waals surface area contributed by atoms with Crippen molar-refractivity contribution >= 4 is 22.9 Å². The Labute approximate surface area is 117 Å². The minimum atomic E-state index is -0.410. The number of nitrogens with zero attached hydrogens (tertiary/aromatic N) is 2. The van der Waals surface area contributed by atoms with Crippen molar-refractivity contribution in [1.29, 1.82) is 0 Å². The molecule has 0 unspecified atom stereocenters.